The molecule has 0 aliphatic carbocycles. The summed E-state index contributed by atoms with van der Waals surface area (Å²) in [7, 11) is 1.56. The van der Waals surface area contributed by atoms with Gasteiger partial charge in [-0.15, -0.1) is 0 Å². The number of hydrogen-bond acceptors (Lipinski definition) is 28. The molecule has 2 aromatic rings. The van der Waals surface area contributed by atoms with Gasteiger partial charge in [-0.3, -0.25) is 14.4 Å². The highest BCUT2D eigenvalue weighted by Gasteiger charge is 2.12. The van der Waals surface area contributed by atoms with Gasteiger partial charge < -0.3 is 24.5 Å². The molecule has 30 heteroatoms. The number of unbranched alkanes of at least 4 members (excludes halogenated alkanes) is 16. The predicted octanol–water partition coefficient (Wildman–Crippen LogP) is 8.56. The normalized spacial score (nSPS) is 11.6. The van der Waals surface area contributed by atoms with Gasteiger partial charge in [0.15, 0.2) is 0 Å². The van der Waals surface area contributed by atoms with Crippen LogP contribution in [0.4, 0.5) is 0 Å². The van der Waals surface area contributed by atoms with Gasteiger partial charge in [0.25, 0.3) is 0 Å². The van der Waals surface area contributed by atoms with Gasteiger partial charge in [0.2, 0.25) is 5.91 Å². The standard InChI is InChI=1S/C60H106N2O28/c1-3-4-5-6-7-8-9-10-11-12-13-14-15-16-17-18-19-21-58(63)61-27-26-54-53-62-57-25-24-55(52-56(54)57)90-60(65)23-20-22-59(64)67-29-31-69-71-33-35-73-75-37-39-77-79-41-43-81-83-45-47-85-87-49-51-89-88-50-48-86-84-46-44-82-80-42-40-78-76-38-36-74-72-34-32-70-68-30-28-66-2/h24-25,52-53,62H,3-23,26-51H2,1-2H3,(H,61,63). The first-order valence-electron chi connectivity index (χ1n) is 31.9. The highest BCUT2D eigenvalue weighted by atomic mass is 17.3. The lowest BCUT2D eigenvalue weighted by atomic mass is 10.0. The van der Waals surface area contributed by atoms with Gasteiger partial charge in [-0.25, -0.2) is 108 Å². The Morgan fingerprint density at radius 2 is 0.689 bits per heavy atom. The van der Waals surface area contributed by atoms with Gasteiger partial charge in [0.1, 0.15) is 158 Å². The smallest absolute Gasteiger partial charge is 0.311 e. The zero-order chi connectivity index (χ0) is 64.2. The first-order valence-corrected chi connectivity index (χ1v) is 31.9. The SMILES string of the molecule is CCCCCCCCCCCCCCCCCCCC(=O)NCCc1c[nH]c2ccc(OC(=O)CCCC(=O)OCCOOCCOOCCOOCCOOCCOOCCOOCCOOCCOOCCOOCCOOCCOOCCOC)cc12. The molecular weight excluding hydrogens is 1200 g/mol. The number of H-pyrrole nitrogens is 1. The lowest BCUT2D eigenvalue weighted by Crippen LogP contribution is -2.25. The Bertz CT molecular complexity index is 1870. The lowest BCUT2D eigenvalue weighted by molar-refractivity contribution is -0.380. The van der Waals surface area contributed by atoms with Crippen LogP contribution in [0.3, 0.4) is 0 Å². The van der Waals surface area contributed by atoms with Crippen molar-refractivity contribution in [3.05, 3.63) is 30.0 Å². The third kappa shape index (κ3) is 55.8. The molecule has 2 N–H and O–H groups in total. The molecule has 0 unspecified atom stereocenters. The van der Waals surface area contributed by atoms with E-state index in [1.807, 2.05) is 18.3 Å². The molecule has 90 heavy (non-hydrogen) atoms. The molecule has 0 atom stereocenters. The second-order valence-corrected chi connectivity index (χ2v) is 19.7. The van der Waals surface area contributed by atoms with Crippen molar-refractivity contribution in [1.29, 1.82) is 0 Å². The van der Waals surface area contributed by atoms with Crippen molar-refractivity contribution < 1.29 is 136 Å². The van der Waals surface area contributed by atoms with Gasteiger partial charge in [-0.05, 0) is 43.0 Å². The van der Waals surface area contributed by atoms with Gasteiger partial charge in [-0.2, -0.15) is 0 Å². The summed E-state index contributed by atoms with van der Waals surface area (Å²) in [4.78, 5) is 148. The Morgan fingerprint density at radius 3 is 1.04 bits per heavy atom. The van der Waals surface area contributed by atoms with Crippen molar-refractivity contribution in [1.82, 2.24) is 10.3 Å². The average molecular weight is 1300 g/mol. The van der Waals surface area contributed by atoms with Crippen molar-refractivity contribution in [2.45, 2.75) is 148 Å². The van der Waals surface area contributed by atoms with Crippen LogP contribution < -0.4 is 10.1 Å². The largest absolute Gasteiger partial charge is 0.463 e. The minimum absolute atomic E-state index is 0.00716. The zero-order valence-corrected chi connectivity index (χ0v) is 53.5. The van der Waals surface area contributed by atoms with Crippen LogP contribution in [-0.2, 0) is 138 Å². The van der Waals surface area contributed by atoms with Gasteiger partial charge in [0.05, 0.1) is 6.61 Å². The monoisotopic (exact) mass is 1300 g/mol. The number of aromatic nitrogens is 1. The molecule has 0 fully saturated rings. The quantitative estimate of drug-likeness (QED) is 0.0206. The Morgan fingerprint density at radius 1 is 0.367 bits per heavy atom. The molecule has 0 aliphatic rings. The van der Waals surface area contributed by atoms with E-state index in [1.165, 1.54) is 96.3 Å². The van der Waals surface area contributed by atoms with E-state index < -0.39 is 11.9 Å². The number of esters is 2. The summed E-state index contributed by atoms with van der Waals surface area (Å²) in [6.45, 7) is 5.63. The van der Waals surface area contributed by atoms with Crippen LogP contribution in [0.15, 0.2) is 24.4 Å². The minimum Gasteiger partial charge on any atom is -0.463 e. The third-order valence-electron chi connectivity index (χ3n) is 12.2. The summed E-state index contributed by atoms with van der Waals surface area (Å²) in [5.41, 5.74) is 1.92. The Kier molecular flexibility index (Phi) is 61.0. The molecule has 0 aliphatic heterocycles. The fraction of sp³-hybridized carbons (Fsp3) is 0.817. The maximum atomic E-state index is 12.6. The highest BCUT2D eigenvalue weighted by Crippen LogP contribution is 2.25. The zero-order valence-electron chi connectivity index (χ0n) is 53.5. The molecule has 1 amide bonds. The van der Waals surface area contributed by atoms with Crippen LogP contribution in [0, 0.1) is 0 Å². The summed E-state index contributed by atoms with van der Waals surface area (Å²) in [5.74, 6) is -0.458. The van der Waals surface area contributed by atoms with Crippen LogP contribution in [-0.4, -0.2) is 195 Å². The van der Waals surface area contributed by atoms with E-state index in [0.717, 1.165) is 29.3 Å². The van der Waals surface area contributed by atoms with Crippen LogP contribution in [0.2, 0.25) is 0 Å². The van der Waals surface area contributed by atoms with Crippen molar-refractivity contribution in [2.24, 2.45) is 0 Å². The molecule has 1 aromatic heterocycles. The molecule has 0 saturated heterocycles. The summed E-state index contributed by atoms with van der Waals surface area (Å²) in [6, 6.07) is 5.38. The van der Waals surface area contributed by atoms with Crippen LogP contribution in [0.1, 0.15) is 147 Å². The number of hydrogen-bond donors (Lipinski definition) is 2. The van der Waals surface area contributed by atoms with Crippen LogP contribution in [0.5, 0.6) is 5.75 Å². The average Bonchev–Trinajstić information content (AvgIpc) is 2.79. The van der Waals surface area contributed by atoms with Gasteiger partial charge in [0, 0.05) is 50.0 Å². The van der Waals surface area contributed by atoms with Crippen molar-refractivity contribution in [2.75, 3.05) is 172 Å². The lowest BCUT2D eigenvalue weighted by Gasteiger charge is -2.08. The third-order valence-corrected chi connectivity index (χ3v) is 12.2. The van der Waals surface area contributed by atoms with Crippen molar-refractivity contribution in [3.8, 4) is 5.75 Å². The Hall–Kier alpha value is -3.75. The number of carbonyl (C=O) groups excluding carboxylic acids is 3. The molecule has 0 radical (unpaired) electrons. The van der Waals surface area contributed by atoms with Crippen molar-refractivity contribution in [3.63, 3.8) is 0 Å². The van der Waals surface area contributed by atoms with E-state index >= 15 is 0 Å². The molecular formula is C60H106N2O28. The summed E-state index contributed by atoms with van der Waals surface area (Å²) in [6.07, 6.45) is 25.7. The number of fused-ring (bicyclic) bond motifs is 1. The van der Waals surface area contributed by atoms with E-state index in [1.54, 1.807) is 13.2 Å². The molecule has 1 aromatic carbocycles. The highest BCUT2D eigenvalue weighted by molar-refractivity contribution is 5.86. The second kappa shape index (κ2) is 66.7. The Balaban J connectivity index is 1.24. The van der Waals surface area contributed by atoms with E-state index in [-0.39, 0.29) is 171 Å². The first kappa shape index (κ1) is 82.3. The minimum atomic E-state index is -0.482. The summed E-state index contributed by atoms with van der Waals surface area (Å²) >= 11 is 0. The molecule has 0 bridgehead atoms. The van der Waals surface area contributed by atoms with Crippen molar-refractivity contribution >= 4 is 28.7 Å². The number of rotatable bonds is 73. The molecule has 0 spiro atoms. The number of amides is 1. The van der Waals surface area contributed by atoms with E-state index in [0.29, 0.717) is 38.3 Å². The van der Waals surface area contributed by atoms with E-state index in [9.17, 15) is 14.4 Å². The Labute approximate surface area is 529 Å². The number of benzene rings is 1. The first-order chi connectivity index (χ1) is 44.5. The maximum absolute atomic E-state index is 12.6. The predicted molar refractivity (Wildman–Crippen MR) is 317 cm³/mol. The second-order valence-electron chi connectivity index (χ2n) is 19.7. The van der Waals surface area contributed by atoms with Crippen LogP contribution >= 0.6 is 0 Å². The fourth-order valence-electron chi connectivity index (χ4n) is 7.78. The molecule has 30 nitrogen and oxygen atoms in total. The number of carbonyl (C=O) groups is 3. The summed E-state index contributed by atoms with van der Waals surface area (Å²) < 4.78 is 15.5. The molecule has 0 saturated carbocycles. The van der Waals surface area contributed by atoms with E-state index in [4.69, 9.17) is 122 Å². The molecule has 524 valence electrons. The number of aromatic amines is 1. The molecule has 1 heterocycles. The fourth-order valence-corrected chi connectivity index (χ4v) is 7.78. The maximum Gasteiger partial charge on any atom is 0.311 e. The number of nitrogens with one attached hydrogen (secondary N) is 2. The van der Waals surface area contributed by atoms with Crippen LogP contribution in [0.25, 0.3) is 10.9 Å². The summed E-state index contributed by atoms with van der Waals surface area (Å²) in [5, 5.41) is 3.97. The topological polar surface area (TPSA) is 310 Å². The van der Waals surface area contributed by atoms with Gasteiger partial charge >= 0.3 is 11.9 Å². The molecule has 2 rings (SSSR count). The van der Waals surface area contributed by atoms with E-state index in [2.05, 4.69) is 17.2 Å². The number of methoxy groups -OCH3 is 1. The van der Waals surface area contributed by atoms with Gasteiger partial charge in [-0.1, -0.05) is 110 Å². The number of ether oxygens (including phenoxy) is 3.